The quantitative estimate of drug-likeness (QED) is 0.448. The molecule has 26 heavy (non-hydrogen) atoms. The van der Waals surface area contributed by atoms with Gasteiger partial charge in [-0.25, -0.2) is 0 Å². The van der Waals surface area contributed by atoms with Gasteiger partial charge in [0.1, 0.15) is 21.4 Å². The van der Waals surface area contributed by atoms with E-state index in [4.69, 9.17) is 23.8 Å². The average molecular weight is 388 g/mol. The van der Waals surface area contributed by atoms with Crippen LogP contribution < -0.4 is 0 Å². The first kappa shape index (κ1) is 18.2. The lowest BCUT2D eigenvalue weighted by atomic mass is 10.1. The Hall–Kier alpha value is -2.64. The van der Waals surface area contributed by atoms with E-state index in [1.807, 2.05) is 30.3 Å². The molecule has 0 fully saturated rings. The molecule has 2 aromatic carbocycles. The number of rotatable bonds is 3. The van der Waals surface area contributed by atoms with Gasteiger partial charge in [0.15, 0.2) is 0 Å². The molecule has 6 nitrogen and oxygen atoms in total. The molecule has 0 saturated carbocycles. The van der Waals surface area contributed by atoms with Crippen molar-refractivity contribution in [3.8, 4) is 0 Å². The number of benzene rings is 2. The zero-order valence-corrected chi connectivity index (χ0v) is 15.5. The van der Waals surface area contributed by atoms with Crippen molar-refractivity contribution in [1.29, 1.82) is 0 Å². The van der Waals surface area contributed by atoms with Gasteiger partial charge >= 0.3 is 0 Å². The first-order chi connectivity index (χ1) is 12.2. The molecule has 8 heteroatoms. The van der Waals surface area contributed by atoms with Crippen LogP contribution in [0.5, 0.6) is 0 Å². The molecule has 0 aliphatic carbocycles. The van der Waals surface area contributed by atoms with Crippen molar-refractivity contribution < 1.29 is 9.72 Å². The van der Waals surface area contributed by atoms with Crippen molar-refractivity contribution in [3.05, 3.63) is 74.8 Å². The SMILES string of the molecule is CC1(C)N=C(c2ccccc2)C(=S)N1C(=O)c1ccc(Cl)c([N+](=O)[O-])c1. The number of nitro groups is 1. The molecular formula is C18H14ClN3O3S. The third-order valence-corrected chi connectivity index (χ3v) is 4.67. The number of aliphatic imine (C=N–C) groups is 1. The number of amides is 1. The van der Waals surface area contributed by atoms with Crippen LogP contribution in [-0.2, 0) is 0 Å². The lowest BCUT2D eigenvalue weighted by Gasteiger charge is -2.29. The normalized spacial score (nSPS) is 15.7. The minimum atomic E-state index is -0.909. The Bertz CT molecular complexity index is 957. The third kappa shape index (κ3) is 3.11. The molecule has 3 rings (SSSR count). The minimum Gasteiger partial charge on any atom is -0.272 e. The molecular weight excluding hydrogens is 374 g/mol. The van der Waals surface area contributed by atoms with Gasteiger partial charge in [0.25, 0.3) is 11.6 Å². The lowest BCUT2D eigenvalue weighted by molar-refractivity contribution is -0.384. The summed E-state index contributed by atoms with van der Waals surface area (Å²) in [4.78, 5) is 29.8. The van der Waals surface area contributed by atoms with E-state index in [0.717, 1.165) is 11.6 Å². The van der Waals surface area contributed by atoms with Crippen LogP contribution in [0.15, 0.2) is 53.5 Å². The molecule has 0 unspecified atom stereocenters. The predicted molar refractivity (Wildman–Crippen MR) is 104 cm³/mol. The third-order valence-electron chi connectivity index (χ3n) is 3.98. The van der Waals surface area contributed by atoms with E-state index in [2.05, 4.69) is 4.99 Å². The summed E-state index contributed by atoms with van der Waals surface area (Å²) in [5.74, 6) is -0.463. The highest BCUT2D eigenvalue weighted by atomic mass is 35.5. The van der Waals surface area contributed by atoms with Gasteiger partial charge in [0.05, 0.1) is 4.92 Å². The number of halogens is 1. The summed E-state index contributed by atoms with van der Waals surface area (Å²) in [5, 5.41) is 11.1. The minimum absolute atomic E-state index is 0.0315. The smallest absolute Gasteiger partial charge is 0.272 e. The average Bonchev–Trinajstić information content (AvgIpc) is 2.84. The molecule has 0 spiro atoms. The van der Waals surface area contributed by atoms with Crippen LogP contribution in [0.2, 0.25) is 5.02 Å². The van der Waals surface area contributed by atoms with E-state index < -0.39 is 16.5 Å². The van der Waals surface area contributed by atoms with Gasteiger partial charge in [0.2, 0.25) is 0 Å². The van der Waals surface area contributed by atoms with Gasteiger partial charge in [-0.1, -0.05) is 54.2 Å². The number of nitrogens with zero attached hydrogens (tertiary/aromatic N) is 3. The fraction of sp³-hybridized carbons (Fsp3) is 0.167. The lowest BCUT2D eigenvalue weighted by Crippen LogP contribution is -2.46. The van der Waals surface area contributed by atoms with E-state index in [9.17, 15) is 14.9 Å². The van der Waals surface area contributed by atoms with Crippen LogP contribution in [0, 0.1) is 10.1 Å². The highest BCUT2D eigenvalue weighted by Gasteiger charge is 2.42. The number of carbonyl (C=O) groups excluding carboxylic acids is 1. The summed E-state index contributed by atoms with van der Waals surface area (Å²) in [6.45, 7) is 3.52. The second-order valence-electron chi connectivity index (χ2n) is 6.19. The van der Waals surface area contributed by atoms with Crippen molar-refractivity contribution in [2.45, 2.75) is 19.5 Å². The Kier molecular flexibility index (Phi) is 4.60. The maximum absolute atomic E-state index is 13.0. The Morgan fingerprint density at radius 1 is 1.23 bits per heavy atom. The summed E-state index contributed by atoms with van der Waals surface area (Å²) in [7, 11) is 0. The first-order valence-electron chi connectivity index (χ1n) is 7.70. The zero-order chi connectivity index (χ0) is 19.1. The molecule has 1 amide bonds. The fourth-order valence-electron chi connectivity index (χ4n) is 2.77. The molecule has 1 heterocycles. The van der Waals surface area contributed by atoms with Crippen molar-refractivity contribution in [3.63, 3.8) is 0 Å². The fourth-order valence-corrected chi connectivity index (χ4v) is 3.42. The van der Waals surface area contributed by atoms with Gasteiger partial charge in [-0.05, 0) is 26.0 Å². The van der Waals surface area contributed by atoms with Gasteiger partial charge in [-0.2, -0.15) is 0 Å². The standard InChI is InChI=1S/C18H14ClN3O3S/c1-18(2)20-15(11-6-4-3-5-7-11)17(26)21(18)16(23)12-8-9-13(19)14(10-12)22(24)25/h3-10H,1-2H3. The van der Waals surface area contributed by atoms with Crippen molar-refractivity contribution in [1.82, 2.24) is 4.90 Å². The van der Waals surface area contributed by atoms with Crippen LogP contribution in [0.4, 0.5) is 5.69 Å². The number of hydrogen-bond donors (Lipinski definition) is 0. The molecule has 132 valence electrons. The van der Waals surface area contributed by atoms with Crippen molar-refractivity contribution in [2.24, 2.45) is 4.99 Å². The van der Waals surface area contributed by atoms with Crippen LogP contribution in [0.25, 0.3) is 0 Å². The van der Waals surface area contributed by atoms with E-state index in [0.29, 0.717) is 5.71 Å². The van der Waals surface area contributed by atoms with Gasteiger partial charge in [0, 0.05) is 17.2 Å². The second-order valence-corrected chi connectivity index (χ2v) is 6.98. The number of hydrogen-bond acceptors (Lipinski definition) is 5. The second kappa shape index (κ2) is 6.59. The Morgan fingerprint density at radius 3 is 2.50 bits per heavy atom. The predicted octanol–water partition coefficient (Wildman–Crippen LogP) is 4.26. The monoisotopic (exact) mass is 387 g/mol. The van der Waals surface area contributed by atoms with E-state index in [-0.39, 0.29) is 21.3 Å². The molecule has 0 atom stereocenters. The molecule has 1 aliphatic rings. The van der Waals surface area contributed by atoms with Crippen LogP contribution in [0.1, 0.15) is 29.8 Å². The van der Waals surface area contributed by atoms with E-state index >= 15 is 0 Å². The Balaban J connectivity index is 2.00. The highest BCUT2D eigenvalue weighted by Crippen LogP contribution is 2.31. The zero-order valence-electron chi connectivity index (χ0n) is 14.0. The van der Waals surface area contributed by atoms with Crippen molar-refractivity contribution in [2.75, 3.05) is 0 Å². The van der Waals surface area contributed by atoms with Gasteiger partial charge < -0.3 is 0 Å². The van der Waals surface area contributed by atoms with Gasteiger partial charge in [-0.15, -0.1) is 0 Å². The molecule has 0 bridgehead atoms. The molecule has 0 radical (unpaired) electrons. The van der Waals surface area contributed by atoms with Crippen LogP contribution in [-0.4, -0.2) is 32.1 Å². The van der Waals surface area contributed by atoms with Crippen LogP contribution in [0.3, 0.4) is 0 Å². The van der Waals surface area contributed by atoms with Crippen molar-refractivity contribution >= 4 is 46.1 Å². The number of carbonyl (C=O) groups is 1. The maximum Gasteiger partial charge on any atom is 0.288 e. The first-order valence-corrected chi connectivity index (χ1v) is 8.49. The number of nitro benzene ring substituents is 1. The Morgan fingerprint density at radius 2 is 1.88 bits per heavy atom. The Labute approximate surface area is 160 Å². The summed E-state index contributed by atoms with van der Waals surface area (Å²) in [6, 6.07) is 13.3. The van der Waals surface area contributed by atoms with Gasteiger partial charge in [-0.3, -0.25) is 24.8 Å². The molecule has 0 saturated heterocycles. The van der Waals surface area contributed by atoms with Crippen LogP contribution >= 0.6 is 23.8 Å². The maximum atomic E-state index is 13.0. The summed E-state index contributed by atoms with van der Waals surface area (Å²) in [6.07, 6.45) is 0. The molecule has 0 aromatic heterocycles. The highest BCUT2D eigenvalue weighted by molar-refractivity contribution is 7.82. The van der Waals surface area contributed by atoms with E-state index in [1.165, 1.54) is 17.0 Å². The molecule has 2 aromatic rings. The topological polar surface area (TPSA) is 75.8 Å². The molecule has 0 N–H and O–H groups in total. The van der Waals surface area contributed by atoms with E-state index in [1.54, 1.807) is 13.8 Å². The summed E-state index contributed by atoms with van der Waals surface area (Å²) >= 11 is 11.3. The summed E-state index contributed by atoms with van der Waals surface area (Å²) in [5.41, 5.74) is 0.240. The largest absolute Gasteiger partial charge is 0.288 e. The summed E-state index contributed by atoms with van der Waals surface area (Å²) < 4.78 is 0. The molecule has 1 aliphatic heterocycles. The number of thiocarbonyl (C=S) groups is 1.